The molecule has 1 aromatic heterocycles. The highest BCUT2D eigenvalue weighted by Crippen LogP contribution is 2.20. The molecule has 2 amide bonds. The van der Waals surface area contributed by atoms with Gasteiger partial charge in [0, 0.05) is 37.1 Å². The van der Waals surface area contributed by atoms with E-state index >= 15 is 0 Å². The summed E-state index contributed by atoms with van der Waals surface area (Å²) in [5.74, 6) is 0.624. The van der Waals surface area contributed by atoms with Crippen molar-refractivity contribution >= 4 is 21.7 Å². The summed E-state index contributed by atoms with van der Waals surface area (Å²) < 4.78 is 31.1. The Kier molecular flexibility index (Phi) is 6.48. The fourth-order valence-electron chi connectivity index (χ4n) is 3.07. The van der Waals surface area contributed by atoms with E-state index in [9.17, 15) is 13.2 Å². The van der Waals surface area contributed by atoms with Crippen molar-refractivity contribution in [1.29, 1.82) is 0 Å². The van der Waals surface area contributed by atoms with Gasteiger partial charge < -0.3 is 15.0 Å². The number of sulfonamides is 1. The molecule has 28 heavy (non-hydrogen) atoms. The molecule has 1 atom stereocenters. The van der Waals surface area contributed by atoms with Crippen LogP contribution in [0.1, 0.15) is 18.5 Å². The number of aromatic nitrogens is 1. The maximum atomic E-state index is 12.6. The molecule has 150 valence electrons. The van der Waals surface area contributed by atoms with Gasteiger partial charge >= 0.3 is 6.03 Å². The van der Waals surface area contributed by atoms with E-state index < -0.39 is 10.0 Å². The van der Waals surface area contributed by atoms with Crippen molar-refractivity contribution < 1.29 is 17.9 Å². The van der Waals surface area contributed by atoms with Crippen LogP contribution < -0.4 is 14.8 Å². The molecule has 8 nitrogen and oxygen atoms in total. The number of urea groups is 1. The molecule has 1 fully saturated rings. The van der Waals surface area contributed by atoms with E-state index in [1.807, 2.05) is 24.3 Å². The average molecular weight is 404 g/mol. The first-order chi connectivity index (χ1) is 13.4. The van der Waals surface area contributed by atoms with E-state index in [0.29, 0.717) is 37.6 Å². The van der Waals surface area contributed by atoms with Crippen LogP contribution >= 0.6 is 0 Å². The number of rotatable bonds is 6. The van der Waals surface area contributed by atoms with Crippen molar-refractivity contribution in [3.8, 4) is 5.75 Å². The van der Waals surface area contributed by atoms with Crippen molar-refractivity contribution in [3.05, 3.63) is 54.4 Å². The Bertz CT molecular complexity index is 905. The second-order valence-corrected chi connectivity index (χ2v) is 8.52. The number of carbonyl (C=O) groups excluding carboxylic acids is 1. The number of piperidine rings is 1. The highest BCUT2D eigenvalue weighted by Gasteiger charge is 2.25. The Hall–Kier alpha value is -2.65. The first kappa shape index (κ1) is 20.1. The summed E-state index contributed by atoms with van der Waals surface area (Å²) in [7, 11) is -3.30. The van der Waals surface area contributed by atoms with E-state index in [2.05, 4.69) is 15.0 Å². The molecular formula is C19H24N4O4S. The summed E-state index contributed by atoms with van der Waals surface area (Å²) in [6, 6.07) is 12.2. The Morgan fingerprint density at radius 3 is 2.89 bits per heavy atom. The number of nitrogens with zero attached hydrogens (tertiary/aromatic N) is 2. The van der Waals surface area contributed by atoms with Crippen LogP contribution in [0.15, 0.2) is 48.7 Å². The van der Waals surface area contributed by atoms with Gasteiger partial charge in [-0.25, -0.2) is 17.9 Å². The van der Waals surface area contributed by atoms with E-state index in [0.717, 1.165) is 18.4 Å². The maximum absolute atomic E-state index is 12.6. The lowest BCUT2D eigenvalue weighted by molar-refractivity contribution is 0.190. The molecule has 0 spiro atoms. The molecule has 0 unspecified atom stereocenters. The predicted molar refractivity (Wildman–Crippen MR) is 107 cm³/mol. The lowest BCUT2D eigenvalue weighted by Crippen LogP contribution is -2.50. The summed E-state index contributed by atoms with van der Waals surface area (Å²) >= 11 is 0. The Morgan fingerprint density at radius 1 is 1.29 bits per heavy atom. The first-order valence-electron chi connectivity index (χ1n) is 9.05. The largest absolute Gasteiger partial charge is 0.487 e. The Labute approximate surface area is 165 Å². The minimum atomic E-state index is -3.30. The number of hydrogen-bond donors (Lipinski definition) is 2. The zero-order valence-electron chi connectivity index (χ0n) is 15.7. The van der Waals surface area contributed by atoms with E-state index in [4.69, 9.17) is 4.74 Å². The molecule has 2 heterocycles. The smallest absolute Gasteiger partial charge is 0.321 e. The van der Waals surface area contributed by atoms with Crippen LogP contribution in [0.25, 0.3) is 0 Å². The lowest BCUT2D eigenvalue weighted by atomic mass is 10.1. The molecule has 3 rings (SSSR count). The fourth-order valence-corrected chi connectivity index (χ4v) is 3.87. The number of ether oxygens (including phenoxy) is 1. The van der Waals surface area contributed by atoms with Gasteiger partial charge in [-0.15, -0.1) is 0 Å². The van der Waals surface area contributed by atoms with Crippen LogP contribution in [0.5, 0.6) is 5.75 Å². The predicted octanol–water partition coefficient (Wildman–Crippen LogP) is 2.21. The molecule has 2 aromatic rings. The highest BCUT2D eigenvalue weighted by atomic mass is 32.2. The third-order valence-electron chi connectivity index (χ3n) is 4.29. The van der Waals surface area contributed by atoms with Gasteiger partial charge in [-0.2, -0.15) is 0 Å². The minimum Gasteiger partial charge on any atom is -0.487 e. The Morgan fingerprint density at radius 2 is 2.14 bits per heavy atom. The number of benzene rings is 1. The van der Waals surface area contributed by atoms with Gasteiger partial charge in [-0.05, 0) is 37.1 Å². The molecule has 0 aliphatic carbocycles. The number of pyridine rings is 1. The van der Waals surface area contributed by atoms with Gasteiger partial charge in [0.2, 0.25) is 10.0 Å². The van der Waals surface area contributed by atoms with E-state index in [-0.39, 0.29) is 12.1 Å². The van der Waals surface area contributed by atoms with Crippen molar-refractivity contribution in [2.75, 3.05) is 24.7 Å². The summed E-state index contributed by atoms with van der Waals surface area (Å²) in [6.07, 6.45) is 4.30. The Balaban J connectivity index is 1.56. The van der Waals surface area contributed by atoms with Crippen molar-refractivity contribution in [3.63, 3.8) is 0 Å². The molecule has 0 bridgehead atoms. The van der Waals surface area contributed by atoms with Crippen LogP contribution in [-0.2, 0) is 16.6 Å². The third-order valence-corrected chi connectivity index (χ3v) is 5.05. The molecule has 1 aromatic carbocycles. The molecule has 1 aliphatic rings. The fraction of sp³-hybridized carbons (Fsp3) is 0.368. The number of hydrogen-bond acceptors (Lipinski definition) is 5. The van der Waals surface area contributed by atoms with Crippen LogP contribution in [0, 0.1) is 0 Å². The number of nitrogens with one attached hydrogen (secondary N) is 2. The third kappa shape index (κ3) is 6.21. The highest BCUT2D eigenvalue weighted by molar-refractivity contribution is 7.88. The van der Waals surface area contributed by atoms with E-state index in [1.165, 1.54) is 0 Å². The van der Waals surface area contributed by atoms with Crippen molar-refractivity contribution in [2.45, 2.75) is 25.5 Å². The molecular weight excluding hydrogens is 380 g/mol. The monoisotopic (exact) mass is 404 g/mol. The SMILES string of the molecule is CS(=O)(=O)N[C@@H]1CCCN(C(=O)Nc2cccc(OCc3ccccn3)c2)C1. The van der Waals surface area contributed by atoms with Crippen molar-refractivity contribution in [2.24, 2.45) is 0 Å². The van der Waals surface area contributed by atoms with Gasteiger partial charge in [-0.3, -0.25) is 4.98 Å². The first-order valence-corrected chi connectivity index (χ1v) is 10.9. The summed E-state index contributed by atoms with van der Waals surface area (Å²) in [5.41, 5.74) is 1.43. The summed E-state index contributed by atoms with van der Waals surface area (Å²) in [6.45, 7) is 1.27. The topological polar surface area (TPSA) is 101 Å². The average Bonchev–Trinajstić information content (AvgIpc) is 2.66. The maximum Gasteiger partial charge on any atom is 0.321 e. The molecule has 2 N–H and O–H groups in total. The van der Waals surface area contributed by atoms with Gasteiger partial charge in [0.05, 0.1) is 11.9 Å². The summed E-state index contributed by atoms with van der Waals surface area (Å²) in [5, 5.41) is 2.85. The van der Waals surface area contributed by atoms with Crippen LogP contribution in [0.4, 0.5) is 10.5 Å². The zero-order valence-corrected chi connectivity index (χ0v) is 16.5. The number of anilines is 1. The van der Waals surface area contributed by atoms with E-state index in [1.54, 1.807) is 29.3 Å². The van der Waals surface area contributed by atoms with Gasteiger partial charge in [0.25, 0.3) is 0 Å². The molecule has 9 heteroatoms. The van der Waals surface area contributed by atoms with Gasteiger partial charge in [-0.1, -0.05) is 12.1 Å². The quantitative estimate of drug-likeness (QED) is 0.769. The lowest BCUT2D eigenvalue weighted by Gasteiger charge is -2.32. The van der Waals surface area contributed by atoms with Crippen molar-refractivity contribution in [1.82, 2.24) is 14.6 Å². The normalized spacial score (nSPS) is 17.2. The van der Waals surface area contributed by atoms with Crippen LogP contribution in [-0.4, -0.2) is 49.7 Å². The molecule has 1 aliphatic heterocycles. The zero-order chi connectivity index (χ0) is 20.0. The molecule has 0 saturated carbocycles. The standard InChI is InChI=1S/C19H24N4O4S/c1-28(25,26)22-16-8-5-11-23(13-16)19(24)21-15-7-4-9-18(12-15)27-14-17-6-2-3-10-20-17/h2-4,6-7,9-10,12,16,22H,5,8,11,13-14H2,1H3,(H,21,24)/t16-/m1/s1. The molecule has 1 saturated heterocycles. The number of amides is 2. The molecule has 0 radical (unpaired) electrons. The van der Waals surface area contributed by atoms with Crippen LogP contribution in [0.2, 0.25) is 0 Å². The van der Waals surface area contributed by atoms with Gasteiger partial charge in [0.1, 0.15) is 12.4 Å². The minimum absolute atomic E-state index is 0.262. The van der Waals surface area contributed by atoms with Gasteiger partial charge in [0.15, 0.2) is 0 Å². The second kappa shape index (κ2) is 9.03. The summed E-state index contributed by atoms with van der Waals surface area (Å²) in [4.78, 5) is 18.4. The number of carbonyl (C=O) groups is 1. The second-order valence-electron chi connectivity index (χ2n) is 6.74. The number of likely N-dealkylation sites (tertiary alicyclic amines) is 1. The van der Waals surface area contributed by atoms with Crippen LogP contribution in [0.3, 0.4) is 0 Å².